The number of hydrogen-bond acceptors (Lipinski definition) is 3. The van der Waals surface area contributed by atoms with Crippen molar-refractivity contribution in [2.75, 3.05) is 13.2 Å². The Morgan fingerprint density at radius 1 is 1.31 bits per heavy atom. The van der Waals surface area contributed by atoms with E-state index >= 15 is 0 Å². The summed E-state index contributed by atoms with van der Waals surface area (Å²) in [7, 11) is -0.245. The van der Waals surface area contributed by atoms with Crippen molar-refractivity contribution in [1.29, 1.82) is 0 Å². The fourth-order valence-electron chi connectivity index (χ4n) is 1.69. The molecule has 2 rings (SSSR count). The second-order valence-corrected chi connectivity index (χ2v) is 4.52. The molecule has 0 N–H and O–H groups in total. The fraction of sp³-hybridized carbons (Fsp3) is 0.500. The minimum Gasteiger partial charge on any atom is -0.494 e. The highest BCUT2D eigenvalue weighted by atomic mass is 16.7. The van der Waals surface area contributed by atoms with Crippen LogP contribution in [0.25, 0.3) is 0 Å². The molecule has 3 nitrogen and oxygen atoms in total. The Morgan fingerprint density at radius 3 is 2.50 bits per heavy atom. The van der Waals surface area contributed by atoms with Crippen molar-refractivity contribution in [2.24, 2.45) is 0 Å². The van der Waals surface area contributed by atoms with E-state index in [4.69, 9.17) is 14.0 Å². The van der Waals surface area contributed by atoms with Crippen LogP contribution in [-0.2, 0) is 9.31 Å². The van der Waals surface area contributed by atoms with Crippen molar-refractivity contribution in [2.45, 2.75) is 26.4 Å². The van der Waals surface area contributed by atoms with Crippen molar-refractivity contribution >= 4 is 12.6 Å². The summed E-state index contributed by atoms with van der Waals surface area (Å²) < 4.78 is 16.7. The number of rotatable bonds is 3. The third kappa shape index (κ3) is 2.57. The average molecular weight is 220 g/mol. The Labute approximate surface area is 96.8 Å². The molecule has 0 radical (unpaired) electrons. The van der Waals surface area contributed by atoms with Gasteiger partial charge < -0.3 is 14.0 Å². The first-order valence-corrected chi connectivity index (χ1v) is 5.63. The average Bonchev–Trinajstić information content (AvgIpc) is 2.61. The minimum absolute atomic E-state index is 0.191. The highest BCUT2D eigenvalue weighted by molar-refractivity contribution is 6.61. The van der Waals surface area contributed by atoms with Gasteiger partial charge in [-0.15, -0.1) is 0 Å². The second kappa shape index (κ2) is 4.48. The first-order chi connectivity index (χ1) is 7.61. The van der Waals surface area contributed by atoms with Crippen molar-refractivity contribution in [1.82, 2.24) is 0 Å². The van der Waals surface area contributed by atoms with Gasteiger partial charge in [0.05, 0.1) is 18.8 Å². The Hall–Kier alpha value is -0.995. The lowest BCUT2D eigenvalue weighted by molar-refractivity contribution is 0.137. The van der Waals surface area contributed by atoms with Gasteiger partial charge in [0.25, 0.3) is 0 Å². The molecule has 0 saturated carbocycles. The molecule has 0 aromatic heterocycles. The molecule has 0 amide bonds. The quantitative estimate of drug-likeness (QED) is 0.724. The van der Waals surface area contributed by atoms with Crippen LogP contribution in [0, 0.1) is 0 Å². The molecule has 1 fully saturated rings. The Balaban J connectivity index is 2.05. The molecule has 86 valence electrons. The van der Waals surface area contributed by atoms with Crippen molar-refractivity contribution in [3.63, 3.8) is 0 Å². The molecule has 0 bridgehead atoms. The first kappa shape index (κ1) is 11.5. The van der Waals surface area contributed by atoms with Gasteiger partial charge in [-0.2, -0.15) is 0 Å². The summed E-state index contributed by atoms with van der Waals surface area (Å²) in [6.45, 7) is 7.34. The Kier molecular flexibility index (Phi) is 3.21. The van der Waals surface area contributed by atoms with Crippen LogP contribution in [0.15, 0.2) is 24.3 Å². The van der Waals surface area contributed by atoms with Crippen LogP contribution in [0.5, 0.6) is 5.75 Å². The largest absolute Gasteiger partial charge is 0.494 e. The van der Waals surface area contributed by atoms with Crippen molar-refractivity contribution in [3.8, 4) is 5.75 Å². The highest BCUT2D eigenvalue weighted by Crippen LogP contribution is 2.20. The van der Waals surface area contributed by atoms with Crippen LogP contribution in [0.1, 0.15) is 20.8 Å². The zero-order valence-corrected chi connectivity index (χ0v) is 10.0. The molecule has 1 aromatic carbocycles. The first-order valence-electron chi connectivity index (χ1n) is 5.63. The molecular weight excluding hydrogens is 203 g/mol. The Bertz CT molecular complexity index is 348. The molecule has 0 aliphatic carbocycles. The summed E-state index contributed by atoms with van der Waals surface area (Å²) in [6, 6.07) is 7.85. The van der Waals surface area contributed by atoms with Gasteiger partial charge in [0.1, 0.15) is 5.75 Å². The SMILES string of the molecule is CCOc1ccc(B2OCC(C)(C)O2)cc1. The smallest absolute Gasteiger partial charge is 0.494 e. The van der Waals surface area contributed by atoms with Gasteiger partial charge in [-0.3, -0.25) is 0 Å². The van der Waals surface area contributed by atoms with Crippen LogP contribution >= 0.6 is 0 Å². The minimum atomic E-state index is -0.245. The molecular formula is C12H17BO3. The van der Waals surface area contributed by atoms with Crippen LogP contribution in [0.3, 0.4) is 0 Å². The van der Waals surface area contributed by atoms with Gasteiger partial charge in [0.2, 0.25) is 0 Å². The predicted octanol–water partition coefficient (Wildman–Crippen LogP) is 1.61. The van der Waals surface area contributed by atoms with E-state index in [0.717, 1.165) is 11.2 Å². The van der Waals surface area contributed by atoms with E-state index in [1.165, 1.54) is 0 Å². The van der Waals surface area contributed by atoms with E-state index in [2.05, 4.69) is 0 Å². The van der Waals surface area contributed by atoms with Gasteiger partial charge in [0, 0.05) is 0 Å². The van der Waals surface area contributed by atoms with Gasteiger partial charge in [-0.25, -0.2) is 0 Å². The van der Waals surface area contributed by atoms with E-state index in [-0.39, 0.29) is 12.7 Å². The van der Waals surface area contributed by atoms with Gasteiger partial charge in [-0.05, 0) is 38.4 Å². The van der Waals surface area contributed by atoms with E-state index in [9.17, 15) is 0 Å². The molecule has 1 aliphatic rings. The maximum absolute atomic E-state index is 5.77. The summed E-state index contributed by atoms with van der Waals surface area (Å²) in [5, 5.41) is 0. The standard InChI is InChI=1S/C12H17BO3/c1-4-14-11-7-5-10(6-8-11)13-15-9-12(2,3)16-13/h5-8H,4,9H2,1-3H3. The van der Waals surface area contributed by atoms with E-state index in [0.29, 0.717) is 13.2 Å². The topological polar surface area (TPSA) is 27.7 Å². The maximum Gasteiger partial charge on any atom is 0.494 e. The number of ether oxygens (including phenoxy) is 1. The summed E-state index contributed by atoms with van der Waals surface area (Å²) in [5.41, 5.74) is 0.845. The van der Waals surface area contributed by atoms with Crippen LogP contribution < -0.4 is 10.2 Å². The molecule has 1 aromatic rings. The Morgan fingerprint density at radius 2 is 2.00 bits per heavy atom. The van der Waals surface area contributed by atoms with E-state index in [1.807, 2.05) is 45.0 Å². The third-order valence-corrected chi connectivity index (χ3v) is 2.47. The van der Waals surface area contributed by atoms with E-state index in [1.54, 1.807) is 0 Å². The van der Waals surface area contributed by atoms with Crippen molar-refractivity contribution in [3.05, 3.63) is 24.3 Å². The van der Waals surface area contributed by atoms with Gasteiger partial charge >= 0.3 is 7.12 Å². The summed E-state index contributed by atoms with van der Waals surface area (Å²) in [5.74, 6) is 0.878. The number of benzene rings is 1. The zero-order chi connectivity index (χ0) is 11.6. The maximum atomic E-state index is 5.77. The van der Waals surface area contributed by atoms with Crippen LogP contribution in [0.4, 0.5) is 0 Å². The molecule has 1 heterocycles. The molecule has 0 atom stereocenters. The third-order valence-electron chi connectivity index (χ3n) is 2.47. The molecule has 1 aliphatic heterocycles. The fourth-order valence-corrected chi connectivity index (χ4v) is 1.69. The summed E-state index contributed by atoms with van der Waals surface area (Å²) >= 11 is 0. The number of hydrogen-bond donors (Lipinski definition) is 0. The zero-order valence-electron chi connectivity index (χ0n) is 10.0. The molecule has 0 unspecified atom stereocenters. The van der Waals surface area contributed by atoms with E-state index < -0.39 is 0 Å². The molecule has 4 heteroatoms. The normalized spacial score (nSPS) is 18.8. The second-order valence-electron chi connectivity index (χ2n) is 4.52. The lowest BCUT2D eigenvalue weighted by Crippen LogP contribution is -2.34. The summed E-state index contributed by atoms with van der Waals surface area (Å²) in [4.78, 5) is 0. The lowest BCUT2D eigenvalue weighted by atomic mass is 9.79. The molecule has 0 spiro atoms. The van der Waals surface area contributed by atoms with Crippen LogP contribution in [0.2, 0.25) is 0 Å². The van der Waals surface area contributed by atoms with Gasteiger partial charge in [-0.1, -0.05) is 12.1 Å². The van der Waals surface area contributed by atoms with Crippen LogP contribution in [-0.4, -0.2) is 25.9 Å². The highest BCUT2D eigenvalue weighted by Gasteiger charge is 2.37. The summed E-state index contributed by atoms with van der Waals surface area (Å²) in [6.07, 6.45) is 0. The monoisotopic (exact) mass is 220 g/mol. The van der Waals surface area contributed by atoms with Crippen molar-refractivity contribution < 1.29 is 14.0 Å². The molecule has 16 heavy (non-hydrogen) atoms. The van der Waals surface area contributed by atoms with Gasteiger partial charge in [0.15, 0.2) is 0 Å². The lowest BCUT2D eigenvalue weighted by Gasteiger charge is -2.15. The molecule has 1 saturated heterocycles. The predicted molar refractivity (Wildman–Crippen MR) is 64.1 cm³/mol.